The number of hydrogen-bond donors (Lipinski definition) is 3. The first kappa shape index (κ1) is 14.7. The van der Waals surface area contributed by atoms with Crippen LogP contribution in [-0.4, -0.2) is 47.4 Å². The average molecular weight is 299 g/mol. The Morgan fingerprint density at radius 3 is 2.80 bits per heavy atom. The molecule has 0 radical (unpaired) electrons. The molecule has 7 nitrogen and oxygen atoms in total. The van der Waals surface area contributed by atoms with Crippen LogP contribution in [0, 0.1) is 0 Å². The van der Waals surface area contributed by atoms with E-state index in [1.54, 1.807) is 6.20 Å². The summed E-state index contributed by atoms with van der Waals surface area (Å²) < 4.78 is 5.14. The Morgan fingerprint density at radius 1 is 1.45 bits per heavy atom. The topological polar surface area (TPSA) is 101 Å². The number of hydrogen-bond acceptors (Lipinski definition) is 5. The second-order valence-corrected chi connectivity index (χ2v) is 5.54. The van der Waals surface area contributed by atoms with E-state index in [1.165, 1.54) is 11.3 Å². The van der Waals surface area contributed by atoms with Crippen molar-refractivity contribution in [3.63, 3.8) is 0 Å². The first-order valence-corrected chi connectivity index (χ1v) is 7.26. The summed E-state index contributed by atoms with van der Waals surface area (Å²) in [6, 6.07) is -0.467. The lowest BCUT2D eigenvalue weighted by molar-refractivity contribution is -0.148. The van der Waals surface area contributed by atoms with E-state index >= 15 is 0 Å². The average Bonchev–Trinajstić information content (AvgIpc) is 2.93. The number of carbonyl (C=O) groups is 2. The van der Waals surface area contributed by atoms with Crippen molar-refractivity contribution in [1.29, 1.82) is 0 Å². The van der Waals surface area contributed by atoms with Crippen LogP contribution < -0.4 is 10.6 Å². The van der Waals surface area contributed by atoms with Crippen molar-refractivity contribution in [1.82, 2.24) is 15.6 Å². The number of amides is 2. The van der Waals surface area contributed by atoms with Crippen LogP contribution >= 0.6 is 11.3 Å². The quantitative estimate of drug-likeness (QED) is 0.740. The third kappa shape index (κ3) is 3.67. The highest BCUT2D eigenvalue weighted by atomic mass is 32.1. The van der Waals surface area contributed by atoms with E-state index in [-0.39, 0.29) is 12.8 Å². The zero-order valence-electron chi connectivity index (χ0n) is 10.9. The van der Waals surface area contributed by atoms with E-state index in [9.17, 15) is 14.7 Å². The smallest absolute Gasteiger partial charge is 0.329 e. The van der Waals surface area contributed by atoms with Gasteiger partial charge in [0.1, 0.15) is 5.54 Å². The van der Waals surface area contributed by atoms with E-state index in [0.29, 0.717) is 26.2 Å². The maximum atomic E-state index is 11.8. The molecule has 0 bridgehead atoms. The van der Waals surface area contributed by atoms with Gasteiger partial charge in [-0.15, -0.1) is 11.3 Å². The fraction of sp³-hybridized carbons (Fsp3) is 0.583. The van der Waals surface area contributed by atoms with Crippen molar-refractivity contribution in [2.24, 2.45) is 0 Å². The molecule has 1 saturated heterocycles. The number of ether oxygens (including phenoxy) is 1. The van der Waals surface area contributed by atoms with Crippen LogP contribution in [-0.2, 0) is 16.0 Å². The minimum atomic E-state index is -1.22. The molecule has 110 valence electrons. The second kappa shape index (κ2) is 6.67. The van der Waals surface area contributed by atoms with Crippen molar-refractivity contribution in [2.45, 2.75) is 24.8 Å². The molecule has 0 saturated carbocycles. The van der Waals surface area contributed by atoms with Gasteiger partial charge >= 0.3 is 12.0 Å². The Hall–Kier alpha value is -1.67. The van der Waals surface area contributed by atoms with Gasteiger partial charge in [0.25, 0.3) is 0 Å². The lowest BCUT2D eigenvalue weighted by atomic mass is 9.90. The summed E-state index contributed by atoms with van der Waals surface area (Å²) in [6.45, 7) is 1.10. The monoisotopic (exact) mass is 299 g/mol. The van der Waals surface area contributed by atoms with Gasteiger partial charge in [-0.05, 0) is 0 Å². The fourth-order valence-electron chi connectivity index (χ4n) is 2.03. The Labute approximate surface area is 120 Å². The normalized spacial score (nSPS) is 17.4. The van der Waals surface area contributed by atoms with Gasteiger partial charge in [-0.2, -0.15) is 0 Å². The number of nitrogens with one attached hydrogen (secondary N) is 2. The molecular weight excluding hydrogens is 282 g/mol. The summed E-state index contributed by atoms with van der Waals surface area (Å²) in [5, 5.41) is 17.3. The van der Waals surface area contributed by atoms with E-state index in [1.807, 2.05) is 5.38 Å². The number of carboxylic acid groups (broad SMARTS) is 1. The minimum Gasteiger partial charge on any atom is -0.480 e. The minimum absolute atomic E-state index is 0.280. The molecule has 1 fully saturated rings. The molecule has 0 aliphatic carbocycles. The van der Waals surface area contributed by atoms with Gasteiger partial charge in [-0.1, -0.05) is 0 Å². The van der Waals surface area contributed by atoms with Crippen LogP contribution in [0.5, 0.6) is 0 Å². The van der Waals surface area contributed by atoms with Gasteiger partial charge in [0.2, 0.25) is 0 Å². The fourth-order valence-corrected chi connectivity index (χ4v) is 2.65. The summed E-state index contributed by atoms with van der Waals surface area (Å²) in [5.41, 5.74) is -1.22. The van der Waals surface area contributed by atoms with Crippen molar-refractivity contribution in [3.05, 3.63) is 16.6 Å². The summed E-state index contributed by atoms with van der Waals surface area (Å²) in [4.78, 5) is 27.3. The van der Waals surface area contributed by atoms with Gasteiger partial charge in [0.15, 0.2) is 0 Å². The first-order valence-electron chi connectivity index (χ1n) is 6.38. The van der Waals surface area contributed by atoms with E-state index in [2.05, 4.69) is 15.6 Å². The van der Waals surface area contributed by atoms with Gasteiger partial charge in [-0.3, -0.25) is 0 Å². The first-order chi connectivity index (χ1) is 9.62. The molecule has 2 rings (SSSR count). The maximum absolute atomic E-state index is 11.8. The molecule has 2 heterocycles. The largest absolute Gasteiger partial charge is 0.480 e. The Kier molecular flexibility index (Phi) is 4.91. The van der Waals surface area contributed by atoms with Crippen molar-refractivity contribution in [2.75, 3.05) is 19.8 Å². The highest BCUT2D eigenvalue weighted by Gasteiger charge is 2.41. The van der Waals surface area contributed by atoms with Gasteiger partial charge in [-0.25, -0.2) is 14.6 Å². The molecule has 1 aromatic rings. The molecular formula is C12H17N3O4S. The number of aromatic nitrogens is 1. The number of carboxylic acids is 1. The van der Waals surface area contributed by atoms with Crippen LogP contribution in [0.2, 0.25) is 0 Å². The summed E-state index contributed by atoms with van der Waals surface area (Å²) in [6.07, 6.45) is 2.90. The van der Waals surface area contributed by atoms with Crippen LogP contribution in [0.4, 0.5) is 4.79 Å². The molecule has 8 heteroatoms. The Balaban J connectivity index is 1.81. The molecule has 3 N–H and O–H groups in total. The van der Waals surface area contributed by atoms with Crippen molar-refractivity contribution >= 4 is 23.3 Å². The number of urea groups is 1. The molecule has 0 aromatic carbocycles. The predicted molar refractivity (Wildman–Crippen MR) is 72.8 cm³/mol. The molecule has 2 amide bonds. The Morgan fingerprint density at radius 2 is 2.20 bits per heavy atom. The SMILES string of the molecule is O=C(NCCc1nccs1)NC1(C(=O)O)CCOCC1. The van der Waals surface area contributed by atoms with Crippen LogP contribution in [0.15, 0.2) is 11.6 Å². The number of rotatable bonds is 5. The standard InChI is InChI=1S/C12H17N3O4S/c16-10(17)12(2-6-19-7-3-12)15-11(18)14-4-1-9-13-5-8-20-9/h5,8H,1-4,6-7H2,(H,16,17)(H2,14,15,18). The summed E-state index contributed by atoms with van der Waals surface area (Å²) >= 11 is 1.52. The second-order valence-electron chi connectivity index (χ2n) is 4.56. The zero-order chi connectivity index (χ0) is 14.4. The summed E-state index contributed by atoms with van der Waals surface area (Å²) in [5.74, 6) is -1.02. The predicted octanol–water partition coefficient (Wildman–Crippen LogP) is 0.619. The molecule has 1 aromatic heterocycles. The van der Waals surface area contributed by atoms with E-state index in [4.69, 9.17) is 4.74 Å². The lowest BCUT2D eigenvalue weighted by Crippen LogP contribution is -2.59. The number of aliphatic carboxylic acids is 1. The molecule has 1 aliphatic rings. The van der Waals surface area contributed by atoms with Gasteiger partial charge < -0.3 is 20.5 Å². The molecule has 0 atom stereocenters. The zero-order valence-corrected chi connectivity index (χ0v) is 11.7. The number of thiazole rings is 1. The van der Waals surface area contributed by atoms with Gasteiger partial charge in [0.05, 0.1) is 5.01 Å². The molecule has 0 spiro atoms. The third-order valence-corrected chi connectivity index (χ3v) is 4.06. The number of nitrogens with zero attached hydrogens (tertiary/aromatic N) is 1. The Bertz CT molecular complexity index is 457. The van der Waals surface area contributed by atoms with Crippen LogP contribution in [0.25, 0.3) is 0 Å². The van der Waals surface area contributed by atoms with E-state index in [0.717, 1.165) is 5.01 Å². The molecule has 20 heavy (non-hydrogen) atoms. The van der Waals surface area contributed by atoms with Crippen LogP contribution in [0.1, 0.15) is 17.8 Å². The lowest BCUT2D eigenvalue weighted by Gasteiger charge is -2.33. The van der Waals surface area contributed by atoms with Crippen LogP contribution in [0.3, 0.4) is 0 Å². The highest BCUT2D eigenvalue weighted by Crippen LogP contribution is 2.20. The molecule has 0 unspecified atom stereocenters. The van der Waals surface area contributed by atoms with Crippen molar-refractivity contribution < 1.29 is 19.4 Å². The highest BCUT2D eigenvalue weighted by molar-refractivity contribution is 7.09. The maximum Gasteiger partial charge on any atom is 0.329 e. The summed E-state index contributed by atoms with van der Waals surface area (Å²) in [7, 11) is 0. The van der Waals surface area contributed by atoms with E-state index < -0.39 is 17.5 Å². The van der Waals surface area contributed by atoms with Crippen molar-refractivity contribution in [3.8, 4) is 0 Å². The number of carbonyl (C=O) groups excluding carboxylic acids is 1. The molecule has 1 aliphatic heterocycles. The third-order valence-electron chi connectivity index (χ3n) is 3.22. The van der Waals surface area contributed by atoms with Gasteiger partial charge in [0, 0.05) is 50.6 Å².